The SMILES string of the molecule is CCc1cc2c(cc1N)OC(N)O2. The normalized spacial score (nSPS) is 19.1. The van der Waals surface area contributed by atoms with E-state index in [2.05, 4.69) is 0 Å². The predicted octanol–water partition coefficient (Wildman–Crippen LogP) is 0.845. The van der Waals surface area contributed by atoms with Gasteiger partial charge in [0.2, 0.25) is 0 Å². The van der Waals surface area contributed by atoms with Gasteiger partial charge in [-0.15, -0.1) is 0 Å². The van der Waals surface area contributed by atoms with E-state index < -0.39 is 6.41 Å². The molecule has 70 valence electrons. The molecule has 4 heteroatoms. The number of benzene rings is 1. The van der Waals surface area contributed by atoms with E-state index in [0.29, 0.717) is 11.5 Å². The summed E-state index contributed by atoms with van der Waals surface area (Å²) in [5.74, 6) is 1.31. The van der Waals surface area contributed by atoms with Crippen LogP contribution in [0.25, 0.3) is 0 Å². The molecule has 1 aliphatic heterocycles. The second-order valence-electron chi connectivity index (χ2n) is 2.96. The van der Waals surface area contributed by atoms with Crippen LogP contribution in [0, 0.1) is 0 Å². The standard InChI is InChI=1S/C9H12N2O2/c1-2-5-3-7-8(4-6(5)10)13-9(11)12-7/h3-4,9H,2,10-11H2,1H3. The van der Waals surface area contributed by atoms with Crippen LogP contribution in [0.4, 0.5) is 5.69 Å². The van der Waals surface area contributed by atoms with Crippen LogP contribution in [-0.4, -0.2) is 6.41 Å². The van der Waals surface area contributed by atoms with Gasteiger partial charge in [0.05, 0.1) is 0 Å². The van der Waals surface area contributed by atoms with E-state index in [4.69, 9.17) is 20.9 Å². The highest BCUT2D eigenvalue weighted by molar-refractivity contribution is 5.58. The smallest absolute Gasteiger partial charge is 0.300 e. The van der Waals surface area contributed by atoms with E-state index in [-0.39, 0.29) is 0 Å². The molecule has 0 saturated heterocycles. The highest BCUT2D eigenvalue weighted by atomic mass is 16.7. The summed E-state index contributed by atoms with van der Waals surface area (Å²) in [6.07, 6.45) is 0.180. The van der Waals surface area contributed by atoms with E-state index in [1.54, 1.807) is 6.07 Å². The van der Waals surface area contributed by atoms with Crippen LogP contribution in [0.15, 0.2) is 12.1 Å². The quantitative estimate of drug-likeness (QED) is 0.628. The van der Waals surface area contributed by atoms with Gasteiger partial charge in [-0.1, -0.05) is 6.92 Å². The van der Waals surface area contributed by atoms with E-state index >= 15 is 0 Å². The zero-order valence-corrected chi connectivity index (χ0v) is 7.41. The molecule has 1 heterocycles. The number of hydrogen-bond donors (Lipinski definition) is 2. The van der Waals surface area contributed by atoms with Crippen molar-refractivity contribution in [3.05, 3.63) is 17.7 Å². The number of fused-ring (bicyclic) bond motifs is 1. The van der Waals surface area contributed by atoms with Gasteiger partial charge in [0, 0.05) is 11.8 Å². The Hall–Kier alpha value is -1.42. The van der Waals surface area contributed by atoms with E-state index in [1.165, 1.54) is 0 Å². The Morgan fingerprint density at radius 2 is 1.92 bits per heavy atom. The van der Waals surface area contributed by atoms with Gasteiger partial charge in [-0.05, 0) is 18.1 Å². The molecule has 0 radical (unpaired) electrons. The zero-order valence-electron chi connectivity index (χ0n) is 7.41. The number of aryl methyl sites for hydroxylation is 1. The highest BCUT2D eigenvalue weighted by Gasteiger charge is 2.21. The van der Waals surface area contributed by atoms with Crippen molar-refractivity contribution in [1.29, 1.82) is 0 Å². The number of nitrogen functional groups attached to an aromatic ring is 1. The topological polar surface area (TPSA) is 70.5 Å². The molecule has 0 aromatic heterocycles. The number of rotatable bonds is 1. The van der Waals surface area contributed by atoms with Crippen molar-refractivity contribution >= 4 is 5.69 Å². The fourth-order valence-electron chi connectivity index (χ4n) is 1.38. The van der Waals surface area contributed by atoms with Crippen molar-refractivity contribution in [1.82, 2.24) is 0 Å². The molecular weight excluding hydrogens is 168 g/mol. The molecule has 0 amide bonds. The van der Waals surface area contributed by atoms with Crippen LogP contribution >= 0.6 is 0 Å². The zero-order chi connectivity index (χ0) is 9.42. The van der Waals surface area contributed by atoms with Crippen molar-refractivity contribution in [2.24, 2.45) is 5.73 Å². The van der Waals surface area contributed by atoms with E-state index in [0.717, 1.165) is 17.7 Å². The Morgan fingerprint density at radius 1 is 1.31 bits per heavy atom. The van der Waals surface area contributed by atoms with Gasteiger partial charge < -0.3 is 15.2 Å². The molecule has 0 aliphatic carbocycles. The molecule has 1 aromatic carbocycles. The monoisotopic (exact) mass is 180 g/mol. The number of anilines is 1. The van der Waals surface area contributed by atoms with Crippen LogP contribution in [0.2, 0.25) is 0 Å². The van der Waals surface area contributed by atoms with Gasteiger partial charge in [0.25, 0.3) is 6.41 Å². The van der Waals surface area contributed by atoms with E-state index in [9.17, 15) is 0 Å². The minimum atomic E-state index is -0.693. The molecule has 0 bridgehead atoms. The maximum absolute atomic E-state index is 5.77. The van der Waals surface area contributed by atoms with Crippen LogP contribution in [-0.2, 0) is 6.42 Å². The summed E-state index contributed by atoms with van der Waals surface area (Å²) in [5.41, 5.74) is 13.0. The Balaban J connectivity index is 2.44. The van der Waals surface area contributed by atoms with Crippen LogP contribution in [0.1, 0.15) is 12.5 Å². The number of nitrogens with two attached hydrogens (primary N) is 2. The summed E-state index contributed by atoms with van der Waals surface area (Å²) in [6, 6.07) is 3.62. The Labute approximate surface area is 76.4 Å². The molecule has 1 aromatic rings. The molecule has 4 N–H and O–H groups in total. The minimum Gasteiger partial charge on any atom is -0.438 e. The predicted molar refractivity (Wildman–Crippen MR) is 49.5 cm³/mol. The summed E-state index contributed by atoms with van der Waals surface area (Å²) < 4.78 is 10.4. The third-order valence-electron chi connectivity index (χ3n) is 2.07. The molecule has 13 heavy (non-hydrogen) atoms. The lowest BCUT2D eigenvalue weighted by atomic mass is 10.1. The van der Waals surface area contributed by atoms with E-state index in [1.807, 2.05) is 13.0 Å². The van der Waals surface area contributed by atoms with Gasteiger partial charge in [-0.3, -0.25) is 5.73 Å². The van der Waals surface area contributed by atoms with Crippen molar-refractivity contribution in [3.8, 4) is 11.5 Å². The molecule has 0 fully saturated rings. The van der Waals surface area contributed by atoms with Crippen molar-refractivity contribution in [3.63, 3.8) is 0 Å². The summed E-state index contributed by atoms with van der Waals surface area (Å²) in [5, 5.41) is 0. The lowest BCUT2D eigenvalue weighted by molar-refractivity contribution is 0.0562. The molecular formula is C9H12N2O2. The second kappa shape index (κ2) is 2.81. The van der Waals surface area contributed by atoms with Gasteiger partial charge >= 0.3 is 0 Å². The second-order valence-corrected chi connectivity index (χ2v) is 2.96. The van der Waals surface area contributed by atoms with Crippen LogP contribution in [0.5, 0.6) is 11.5 Å². The first-order valence-corrected chi connectivity index (χ1v) is 4.22. The van der Waals surface area contributed by atoms with Crippen molar-refractivity contribution in [2.75, 3.05) is 5.73 Å². The summed E-state index contributed by atoms with van der Waals surface area (Å²) in [6.45, 7) is 2.04. The van der Waals surface area contributed by atoms with Gasteiger partial charge in [0.15, 0.2) is 11.5 Å². The molecule has 0 saturated carbocycles. The Morgan fingerprint density at radius 3 is 2.54 bits per heavy atom. The van der Waals surface area contributed by atoms with Crippen LogP contribution in [0.3, 0.4) is 0 Å². The maximum atomic E-state index is 5.77. The summed E-state index contributed by atoms with van der Waals surface area (Å²) in [7, 11) is 0. The maximum Gasteiger partial charge on any atom is 0.300 e. The van der Waals surface area contributed by atoms with Gasteiger partial charge in [0.1, 0.15) is 0 Å². The van der Waals surface area contributed by atoms with Crippen molar-refractivity contribution in [2.45, 2.75) is 19.8 Å². The Kier molecular flexibility index (Phi) is 1.77. The summed E-state index contributed by atoms with van der Waals surface area (Å²) >= 11 is 0. The first-order chi connectivity index (χ1) is 6.20. The Bertz CT molecular complexity index is 339. The number of hydrogen-bond acceptors (Lipinski definition) is 4. The first-order valence-electron chi connectivity index (χ1n) is 4.22. The fourth-order valence-corrected chi connectivity index (χ4v) is 1.38. The fraction of sp³-hybridized carbons (Fsp3) is 0.333. The summed E-state index contributed by atoms with van der Waals surface area (Å²) in [4.78, 5) is 0. The van der Waals surface area contributed by atoms with Gasteiger partial charge in [-0.2, -0.15) is 0 Å². The molecule has 4 nitrogen and oxygen atoms in total. The van der Waals surface area contributed by atoms with Gasteiger partial charge in [-0.25, -0.2) is 0 Å². The molecule has 1 atom stereocenters. The molecule has 1 aliphatic rings. The molecule has 1 unspecified atom stereocenters. The first kappa shape index (κ1) is 8.19. The lowest BCUT2D eigenvalue weighted by Crippen LogP contribution is -2.28. The lowest BCUT2D eigenvalue weighted by Gasteiger charge is -2.03. The average molecular weight is 180 g/mol. The third-order valence-corrected chi connectivity index (χ3v) is 2.07. The minimum absolute atomic E-state index is 0.627. The molecule has 0 spiro atoms. The largest absolute Gasteiger partial charge is 0.438 e. The van der Waals surface area contributed by atoms with Crippen molar-refractivity contribution < 1.29 is 9.47 Å². The van der Waals surface area contributed by atoms with Crippen LogP contribution < -0.4 is 20.9 Å². The third kappa shape index (κ3) is 1.29. The average Bonchev–Trinajstić information content (AvgIpc) is 2.42. The molecule has 2 rings (SSSR count). The number of ether oxygens (including phenoxy) is 2. The highest BCUT2D eigenvalue weighted by Crippen LogP contribution is 2.37.